The van der Waals surface area contributed by atoms with Crippen molar-refractivity contribution in [3.63, 3.8) is 0 Å². The summed E-state index contributed by atoms with van der Waals surface area (Å²) in [4.78, 5) is 89.9. The van der Waals surface area contributed by atoms with Gasteiger partial charge in [-0.3, -0.25) is 33.7 Å². The largest absolute Gasteiger partial charge is 0.391 e. The van der Waals surface area contributed by atoms with E-state index in [1.165, 1.54) is 21.1 Å². The van der Waals surface area contributed by atoms with Crippen LogP contribution in [0, 0.1) is 12.3 Å². The summed E-state index contributed by atoms with van der Waals surface area (Å²) >= 11 is 9.02. The molecule has 1 unspecified atom stereocenters. The molecule has 0 aliphatic carbocycles. The third kappa shape index (κ3) is 14.6. The maximum absolute atomic E-state index is 14.1. The number of carbonyl (C=O) groups excluding carboxylic acids is 6. The molecule has 70 heavy (non-hydrogen) atoms. The van der Waals surface area contributed by atoms with Gasteiger partial charge in [-0.1, -0.05) is 94.3 Å². The Morgan fingerprint density at radius 1 is 0.857 bits per heavy atom. The number of aliphatic hydroxyl groups is 1. The summed E-state index contributed by atoms with van der Waals surface area (Å²) in [6.45, 7) is 9.77. The standard InChI is InChI=1S/C53H64ClN7O7S2/c1-34(37-19-21-38(22-20-37)48-35(2)56-33-70-48)57-50(66)42-30-41(62)32-60(42)52(68)49(53(3,4)5)59-45(64)18-12-7-6-11-17-44(63)58-39-23-25-40(26-24-39)61(46(65)31-54)47(43-16-13-29-69-43)51(67)55-28-27-36-14-9-8-10-15-36/h8-10,13-16,19-26,29,33-34,41-42,47,49,62H,6-7,11-12,17-18,27-28,30-32H2,1-5H3,(H,55,67)(H,57,66)(H,58,63)(H,59,64)/t34-,41+,42-,47?,49+/m0/s1. The van der Waals surface area contributed by atoms with Crippen LogP contribution in [0.5, 0.6) is 0 Å². The highest BCUT2D eigenvalue weighted by Crippen LogP contribution is 2.33. The Morgan fingerprint density at radius 2 is 1.54 bits per heavy atom. The van der Waals surface area contributed by atoms with Crippen molar-refractivity contribution in [1.82, 2.24) is 25.8 Å². The van der Waals surface area contributed by atoms with Crippen molar-refractivity contribution < 1.29 is 33.9 Å². The molecule has 372 valence electrons. The highest BCUT2D eigenvalue weighted by molar-refractivity contribution is 7.13. The summed E-state index contributed by atoms with van der Waals surface area (Å²) < 4.78 is 0. The number of halogens is 1. The van der Waals surface area contributed by atoms with Gasteiger partial charge in [0.25, 0.3) is 0 Å². The molecule has 6 rings (SSSR count). The number of aliphatic hydroxyl groups excluding tert-OH is 1. The van der Waals surface area contributed by atoms with Gasteiger partial charge < -0.3 is 31.3 Å². The van der Waals surface area contributed by atoms with Gasteiger partial charge >= 0.3 is 0 Å². The Bertz CT molecular complexity index is 2530. The third-order valence-electron chi connectivity index (χ3n) is 12.3. The number of alkyl halides is 1. The molecule has 0 saturated carbocycles. The summed E-state index contributed by atoms with van der Waals surface area (Å²) in [5.74, 6) is -2.39. The number of anilines is 2. The fraction of sp³-hybridized carbons (Fsp3) is 0.415. The monoisotopic (exact) mass is 1010 g/mol. The van der Waals surface area contributed by atoms with Crippen LogP contribution in [-0.4, -0.2) is 87.6 Å². The van der Waals surface area contributed by atoms with E-state index in [1.807, 2.05) is 112 Å². The van der Waals surface area contributed by atoms with Gasteiger partial charge in [-0.15, -0.1) is 34.3 Å². The second kappa shape index (κ2) is 25.3. The lowest BCUT2D eigenvalue weighted by Crippen LogP contribution is -2.57. The van der Waals surface area contributed by atoms with Crippen molar-refractivity contribution in [2.24, 2.45) is 5.41 Å². The lowest BCUT2D eigenvalue weighted by atomic mass is 9.85. The first-order valence-corrected chi connectivity index (χ1v) is 26.0. The summed E-state index contributed by atoms with van der Waals surface area (Å²) in [6, 6.07) is 25.0. The number of β-amino-alcohol motifs (C(OH)–C–C–N with tert-alkyl or cyclic N) is 1. The predicted molar refractivity (Wildman–Crippen MR) is 278 cm³/mol. The fourth-order valence-electron chi connectivity index (χ4n) is 8.50. The minimum Gasteiger partial charge on any atom is -0.391 e. The van der Waals surface area contributed by atoms with Crippen molar-refractivity contribution in [2.75, 3.05) is 29.2 Å². The molecular weight excluding hydrogens is 946 g/mol. The van der Waals surface area contributed by atoms with Gasteiger partial charge in [-0.2, -0.15) is 0 Å². The molecule has 2 aromatic heterocycles. The number of carbonyl (C=O) groups is 6. The Morgan fingerprint density at radius 3 is 2.16 bits per heavy atom. The van der Waals surface area contributed by atoms with Gasteiger partial charge in [-0.25, -0.2) is 4.98 Å². The number of thiazole rings is 1. The molecule has 1 aliphatic heterocycles. The number of thiophene rings is 1. The van der Waals surface area contributed by atoms with E-state index in [0.717, 1.165) is 27.3 Å². The van der Waals surface area contributed by atoms with E-state index in [1.54, 1.807) is 35.6 Å². The highest BCUT2D eigenvalue weighted by Gasteiger charge is 2.44. The molecule has 0 bridgehead atoms. The van der Waals surface area contributed by atoms with E-state index in [4.69, 9.17) is 11.6 Å². The zero-order chi connectivity index (χ0) is 50.4. The van der Waals surface area contributed by atoms with Gasteiger partial charge in [0, 0.05) is 48.6 Å². The topological polar surface area (TPSA) is 190 Å². The average molecular weight is 1010 g/mol. The summed E-state index contributed by atoms with van der Waals surface area (Å²) in [6.07, 6.45) is 2.79. The van der Waals surface area contributed by atoms with E-state index < -0.39 is 41.5 Å². The number of amides is 6. The molecule has 0 spiro atoms. The van der Waals surface area contributed by atoms with Crippen molar-refractivity contribution in [3.05, 3.63) is 124 Å². The number of aryl methyl sites for hydroxylation is 1. The van der Waals surface area contributed by atoms with Crippen LogP contribution in [0.1, 0.15) is 106 Å². The summed E-state index contributed by atoms with van der Waals surface area (Å²) in [5, 5.41) is 24.4. The van der Waals surface area contributed by atoms with Crippen LogP contribution in [0.4, 0.5) is 11.4 Å². The Kier molecular flexibility index (Phi) is 19.3. The number of hydrogen-bond donors (Lipinski definition) is 5. The molecule has 1 fully saturated rings. The van der Waals surface area contributed by atoms with Crippen molar-refractivity contribution in [1.29, 1.82) is 0 Å². The normalized spacial score (nSPS) is 15.9. The molecular formula is C53H64ClN7O7S2. The van der Waals surface area contributed by atoms with Crippen LogP contribution in [-0.2, 0) is 35.2 Å². The Balaban J connectivity index is 0.944. The van der Waals surface area contributed by atoms with E-state index in [9.17, 15) is 33.9 Å². The van der Waals surface area contributed by atoms with Crippen LogP contribution in [0.2, 0.25) is 0 Å². The smallest absolute Gasteiger partial charge is 0.248 e. The maximum Gasteiger partial charge on any atom is 0.248 e. The number of nitrogens with one attached hydrogen (secondary N) is 4. The van der Waals surface area contributed by atoms with Gasteiger partial charge in [0.2, 0.25) is 35.4 Å². The lowest BCUT2D eigenvalue weighted by Gasteiger charge is -2.35. The van der Waals surface area contributed by atoms with E-state index in [0.29, 0.717) is 54.9 Å². The van der Waals surface area contributed by atoms with Crippen LogP contribution < -0.4 is 26.2 Å². The Hall–Kier alpha value is -5.94. The molecule has 14 nitrogen and oxygen atoms in total. The van der Waals surface area contributed by atoms with Crippen LogP contribution in [0.15, 0.2) is 102 Å². The summed E-state index contributed by atoms with van der Waals surface area (Å²) in [7, 11) is 0. The van der Waals surface area contributed by atoms with Gasteiger partial charge in [-0.05, 0) is 90.9 Å². The molecule has 1 aliphatic rings. The lowest BCUT2D eigenvalue weighted by molar-refractivity contribution is -0.144. The molecule has 5 N–H and O–H groups in total. The average Bonchev–Trinajstić information content (AvgIpc) is 4.13. The zero-order valence-corrected chi connectivity index (χ0v) is 42.8. The highest BCUT2D eigenvalue weighted by atomic mass is 35.5. The predicted octanol–water partition coefficient (Wildman–Crippen LogP) is 8.50. The first-order valence-electron chi connectivity index (χ1n) is 23.8. The van der Waals surface area contributed by atoms with Crippen molar-refractivity contribution in [2.45, 2.75) is 116 Å². The summed E-state index contributed by atoms with van der Waals surface area (Å²) in [5.41, 5.74) is 6.08. The molecule has 5 atom stereocenters. The Labute approximate surface area is 423 Å². The molecule has 0 radical (unpaired) electrons. The number of likely N-dealkylation sites (tertiary alicyclic amines) is 1. The maximum atomic E-state index is 14.1. The first kappa shape index (κ1) is 53.4. The van der Waals surface area contributed by atoms with Crippen LogP contribution >= 0.6 is 34.3 Å². The van der Waals surface area contributed by atoms with E-state index in [2.05, 4.69) is 26.3 Å². The molecule has 1 saturated heterocycles. The minimum atomic E-state index is -0.946. The molecule has 6 amide bonds. The number of nitrogens with zero attached hydrogens (tertiary/aromatic N) is 3. The number of rotatable bonds is 22. The van der Waals surface area contributed by atoms with Gasteiger partial charge in [0.15, 0.2) is 0 Å². The fourth-order valence-corrected chi connectivity index (χ4v) is 10.2. The van der Waals surface area contributed by atoms with E-state index in [-0.39, 0.29) is 61.4 Å². The second-order valence-corrected chi connectivity index (χ2v) is 20.8. The minimum absolute atomic E-state index is 0.0175. The molecule has 3 heterocycles. The quantitative estimate of drug-likeness (QED) is 0.0337. The number of unbranched alkanes of at least 4 members (excludes halogenated alkanes) is 3. The molecule has 5 aromatic rings. The number of aromatic nitrogens is 1. The third-order valence-corrected chi connectivity index (χ3v) is 14.4. The van der Waals surface area contributed by atoms with E-state index >= 15 is 0 Å². The number of benzene rings is 3. The van der Waals surface area contributed by atoms with Gasteiger partial charge in [0.1, 0.15) is 24.0 Å². The van der Waals surface area contributed by atoms with Crippen molar-refractivity contribution >= 4 is 81.1 Å². The molecule has 17 heteroatoms. The van der Waals surface area contributed by atoms with Crippen LogP contribution in [0.3, 0.4) is 0 Å². The first-order chi connectivity index (χ1) is 33.5. The number of hydrogen-bond acceptors (Lipinski definition) is 10. The molecule has 3 aromatic carbocycles. The van der Waals surface area contributed by atoms with Gasteiger partial charge in [0.05, 0.1) is 28.2 Å². The van der Waals surface area contributed by atoms with Crippen molar-refractivity contribution in [3.8, 4) is 10.4 Å². The van der Waals surface area contributed by atoms with Crippen LogP contribution in [0.25, 0.3) is 10.4 Å². The SMILES string of the molecule is Cc1ncsc1-c1ccc([C@H](C)NC(=O)[C@@H]2C[C@@H](O)CN2C(=O)[C@@H](NC(=O)CCCCCCC(=O)Nc2ccc(N(C(=O)CCl)C(C(=O)NCCc3ccccc3)c3cccs3)cc2)C(C)(C)C)cc1. The second-order valence-electron chi connectivity index (χ2n) is 18.7. The zero-order valence-electron chi connectivity index (χ0n) is 40.4.